The third-order valence-electron chi connectivity index (χ3n) is 3.58. The first-order valence-corrected chi connectivity index (χ1v) is 7.49. The van der Waals surface area contributed by atoms with Crippen LogP contribution in [0, 0.1) is 16.0 Å². The molecule has 0 aliphatic carbocycles. The summed E-state index contributed by atoms with van der Waals surface area (Å²) in [6, 6.07) is 1.67. The first-order chi connectivity index (χ1) is 9.88. The minimum atomic E-state index is -0.500. The van der Waals surface area contributed by atoms with Crippen LogP contribution in [-0.2, 0) is 0 Å². The average Bonchev–Trinajstić information content (AvgIpc) is 2.89. The Bertz CT molecular complexity index is 478. The van der Waals surface area contributed by atoms with E-state index in [0.717, 1.165) is 19.4 Å². The van der Waals surface area contributed by atoms with Crippen molar-refractivity contribution in [2.75, 3.05) is 13.1 Å². The zero-order valence-electron chi connectivity index (χ0n) is 13.3. The summed E-state index contributed by atoms with van der Waals surface area (Å²) in [6.45, 7) is 9.62. The fraction of sp³-hybridized carbons (Fsp3) is 0.667. The van der Waals surface area contributed by atoms with Crippen LogP contribution in [0.4, 0.5) is 5.69 Å². The van der Waals surface area contributed by atoms with Crippen LogP contribution < -0.4 is 0 Å². The van der Waals surface area contributed by atoms with E-state index in [-0.39, 0.29) is 11.5 Å². The Morgan fingerprint density at radius 2 is 2.00 bits per heavy atom. The summed E-state index contributed by atoms with van der Waals surface area (Å²) >= 11 is 0. The van der Waals surface area contributed by atoms with Crippen LogP contribution in [0.15, 0.2) is 12.3 Å². The van der Waals surface area contributed by atoms with E-state index in [0.29, 0.717) is 24.2 Å². The number of Topliss-reactive ketones (excluding diaryl/α,β-unsaturated/α-hetero) is 1. The average molecular weight is 295 g/mol. The third kappa shape index (κ3) is 4.97. The van der Waals surface area contributed by atoms with E-state index in [9.17, 15) is 14.9 Å². The van der Waals surface area contributed by atoms with E-state index >= 15 is 0 Å². The molecule has 0 atom stereocenters. The van der Waals surface area contributed by atoms with Gasteiger partial charge in [0, 0.05) is 18.7 Å². The van der Waals surface area contributed by atoms with E-state index in [4.69, 9.17) is 0 Å². The molecule has 0 aromatic carbocycles. The van der Waals surface area contributed by atoms with Crippen LogP contribution in [0.3, 0.4) is 0 Å². The topological polar surface area (TPSA) is 79.2 Å². The summed E-state index contributed by atoms with van der Waals surface area (Å²) in [7, 11) is 0. The van der Waals surface area contributed by atoms with Crippen LogP contribution >= 0.6 is 0 Å². The zero-order chi connectivity index (χ0) is 16.0. The van der Waals surface area contributed by atoms with Gasteiger partial charge in [0.1, 0.15) is 0 Å². The second-order valence-corrected chi connectivity index (χ2v) is 5.75. The number of carbonyl (C=O) groups is 1. The summed E-state index contributed by atoms with van der Waals surface area (Å²) in [4.78, 5) is 27.4. The third-order valence-corrected chi connectivity index (χ3v) is 3.58. The standard InChI is InChI=1S/C15H25N3O3/c1-5-12(6-2)17(9-11(3)4)10-15(19)14-7-13(8-16-14)18(20)21/h7-8,11-12,16H,5-6,9-10H2,1-4H3. The molecule has 0 aliphatic rings. The van der Waals surface area contributed by atoms with Crippen molar-refractivity contribution in [3.05, 3.63) is 28.1 Å². The smallest absolute Gasteiger partial charge is 0.287 e. The molecule has 0 amide bonds. The van der Waals surface area contributed by atoms with Crippen LogP contribution in [0.2, 0.25) is 0 Å². The minimum Gasteiger partial charge on any atom is -0.353 e. The monoisotopic (exact) mass is 295 g/mol. The molecular weight excluding hydrogens is 270 g/mol. The highest BCUT2D eigenvalue weighted by molar-refractivity contribution is 5.96. The van der Waals surface area contributed by atoms with Gasteiger partial charge >= 0.3 is 0 Å². The number of hydrogen-bond donors (Lipinski definition) is 1. The van der Waals surface area contributed by atoms with Crippen LogP contribution in [-0.4, -0.2) is 39.7 Å². The Hall–Kier alpha value is -1.69. The van der Waals surface area contributed by atoms with Gasteiger partial charge in [0.05, 0.1) is 23.4 Å². The number of rotatable bonds is 9. The molecule has 0 bridgehead atoms. The Balaban J connectivity index is 2.80. The number of nitrogens with zero attached hydrogens (tertiary/aromatic N) is 2. The zero-order valence-corrected chi connectivity index (χ0v) is 13.3. The molecule has 1 heterocycles. The summed E-state index contributed by atoms with van der Waals surface area (Å²) in [5.74, 6) is 0.368. The molecule has 6 heteroatoms. The molecule has 0 fully saturated rings. The maximum absolute atomic E-state index is 12.3. The molecule has 1 aromatic rings. The number of hydrogen-bond acceptors (Lipinski definition) is 4. The summed E-state index contributed by atoms with van der Waals surface area (Å²) < 4.78 is 0. The van der Waals surface area contributed by atoms with E-state index in [1.807, 2.05) is 0 Å². The summed E-state index contributed by atoms with van der Waals surface area (Å²) in [5, 5.41) is 10.7. The number of H-pyrrole nitrogens is 1. The molecule has 118 valence electrons. The molecule has 0 unspecified atom stereocenters. The highest BCUT2D eigenvalue weighted by atomic mass is 16.6. The van der Waals surface area contributed by atoms with Crippen molar-refractivity contribution in [2.45, 2.75) is 46.6 Å². The van der Waals surface area contributed by atoms with Crippen LogP contribution in [0.25, 0.3) is 0 Å². The lowest BCUT2D eigenvalue weighted by Gasteiger charge is -2.31. The first kappa shape index (κ1) is 17.4. The van der Waals surface area contributed by atoms with Crippen molar-refractivity contribution in [1.82, 2.24) is 9.88 Å². The van der Waals surface area contributed by atoms with Gasteiger partial charge in [-0.1, -0.05) is 27.7 Å². The SMILES string of the molecule is CCC(CC)N(CC(=O)c1cc([N+](=O)[O-])c[nH]1)CC(C)C. The number of nitro groups is 1. The molecule has 1 rings (SSSR count). The van der Waals surface area contributed by atoms with Gasteiger partial charge in [-0.15, -0.1) is 0 Å². The number of aromatic amines is 1. The number of ketones is 1. The van der Waals surface area contributed by atoms with Gasteiger partial charge in [-0.25, -0.2) is 0 Å². The summed E-state index contributed by atoms with van der Waals surface area (Å²) in [5.41, 5.74) is 0.234. The van der Waals surface area contributed by atoms with Crippen molar-refractivity contribution in [3.63, 3.8) is 0 Å². The van der Waals surface area contributed by atoms with Crippen molar-refractivity contribution >= 4 is 11.5 Å². The molecule has 0 saturated carbocycles. The number of carbonyl (C=O) groups excluding carboxylic acids is 1. The Labute approximate surface area is 125 Å². The molecule has 0 radical (unpaired) electrons. The molecular formula is C15H25N3O3. The Morgan fingerprint density at radius 3 is 2.43 bits per heavy atom. The molecule has 1 N–H and O–H groups in total. The van der Waals surface area contributed by atoms with Crippen LogP contribution in [0.1, 0.15) is 51.0 Å². The van der Waals surface area contributed by atoms with Crippen molar-refractivity contribution in [1.29, 1.82) is 0 Å². The fourth-order valence-corrected chi connectivity index (χ4v) is 2.54. The molecule has 0 saturated heterocycles. The van der Waals surface area contributed by atoms with E-state index < -0.39 is 4.92 Å². The van der Waals surface area contributed by atoms with Gasteiger partial charge in [0.15, 0.2) is 5.78 Å². The maximum Gasteiger partial charge on any atom is 0.287 e. The largest absolute Gasteiger partial charge is 0.353 e. The maximum atomic E-state index is 12.3. The van der Waals surface area contributed by atoms with Crippen molar-refractivity contribution in [3.8, 4) is 0 Å². The van der Waals surface area contributed by atoms with Crippen molar-refractivity contribution in [2.24, 2.45) is 5.92 Å². The first-order valence-electron chi connectivity index (χ1n) is 7.49. The number of nitrogens with one attached hydrogen (secondary N) is 1. The van der Waals surface area contributed by atoms with Gasteiger partial charge in [0.2, 0.25) is 0 Å². The lowest BCUT2D eigenvalue weighted by atomic mass is 10.1. The highest BCUT2D eigenvalue weighted by Gasteiger charge is 2.22. The predicted octanol–water partition coefficient (Wildman–Crippen LogP) is 3.25. The van der Waals surface area contributed by atoms with Gasteiger partial charge in [-0.05, 0) is 18.8 Å². The molecule has 0 spiro atoms. The van der Waals surface area contributed by atoms with Crippen LogP contribution in [0.5, 0.6) is 0 Å². The van der Waals surface area contributed by atoms with Crippen molar-refractivity contribution < 1.29 is 9.72 Å². The lowest BCUT2D eigenvalue weighted by molar-refractivity contribution is -0.384. The quantitative estimate of drug-likeness (QED) is 0.431. The molecule has 0 aliphatic heterocycles. The minimum absolute atomic E-state index is 0.0729. The molecule has 21 heavy (non-hydrogen) atoms. The molecule has 1 aromatic heterocycles. The molecule has 6 nitrogen and oxygen atoms in total. The van der Waals surface area contributed by atoms with Gasteiger partial charge in [-0.2, -0.15) is 0 Å². The van der Waals surface area contributed by atoms with E-state index in [2.05, 4.69) is 37.6 Å². The van der Waals surface area contributed by atoms with E-state index in [1.54, 1.807) is 0 Å². The predicted molar refractivity (Wildman–Crippen MR) is 82.6 cm³/mol. The second-order valence-electron chi connectivity index (χ2n) is 5.75. The van der Waals surface area contributed by atoms with E-state index in [1.165, 1.54) is 12.3 Å². The summed E-state index contributed by atoms with van der Waals surface area (Å²) in [6.07, 6.45) is 3.24. The Kier molecular flexibility index (Phi) is 6.55. The van der Waals surface area contributed by atoms with Gasteiger partial charge in [0.25, 0.3) is 5.69 Å². The normalized spacial score (nSPS) is 11.6. The second kappa shape index (κ2) is 7.93. The number of aromatic nitrogens is 1. The fourth-order valence-electron chi connectivity index (χ4n) is 2.54. The highest BCUT2D eigenvalue weighted by Crippen LogP contribution is 2.16. The van der Waals surface area contributed by atoms with Gasteiger partial charge < -0.3 is 4.98 Å². The van der Waals surface area contributed by atoms with Gasteiger partial charge in [-0.3, -0.25) is 19.8 Å². The Morgan fingerprint density at radius 1 is 1.38 bits per heavy atom. The lowest BCUT2D eigenvalue weighted by Crippen LogP contribution is -2.40.